The summed E-state index contributed by atoms with van der Waals surface area (Å²) in [4.78, 5) is 4.20. The van der Waals surface area contributed by atoms with Crippen molar-refractivity contribution in [1.29, 1.82) is 0 Å². The molecule has 17 heavy (non-hydrogen) atoms. The predicted molar refractivity (Wildman–Crippen MR) is 70.7 cm³/mol. The molecule has 0 aliphatic carbocycles. The third-order valence-corrected chi connectivity index (χ3v) is 2.91. The zero-order valence-electron chi connectivity index (χ0n) is 9.08. The monoisotopic (exact) mass is 268 g/mol. The fourth-order valence-electron chi connectivity index (χ4n) is 1.45. The quantitative estimate of drug-likeness (QED) is 0.905. The second kappa shape index (κ2) is 4.82. The minimum atomic E-state index is 0.491. The van der Waals surface area contributed by atoms with Crippen LogP contribution in [-0.4, -0.2) is 12.1 Å². The van der Waals surface area contributed by atoms with Gasteiger partial charge in [0.15, 0.2) is 0 Å². The molecule has 0 amide bonds. The van der Waals surface area contributed by atoms with Gasteiger partial charge in [0.05, 0.1) is 34.7 Å². The Balaban J connectivity index is 2.52. The van der Waals surface area contributed by atoms with Crippen LogP contribution in [0.25, 0.3) is 11.3 Å². The van der Waals surface area contributed by atoms with Crippen LogP contribution in [-0.2, 0) is 0 Å². The highest BCUT2D eigenvalue weighted by atomic mass is 35.5. The van der Waals surface area contributed by atoms with Gasteiger partial charge in [-0.1, -0.05) is 23.2 Å². The predicted octanol–water partition coefficient (Wildman–Crippen LogP) is 3.65. The van der Waals surface area contributed by atoms with E-state index in [2.05, 4.69) is 4.98 Å². The Kier molecular flexibility index (Phi) is 3.41. The molecule has 0 aliphatic rings. The lowest BCUT2D eigenvalue weighted by atomic mass is 10.1. The average molecular weight is 269 g/mol. The van der Waals surface area contributed by atoms with Gasteiger partial charge in [-0.2, -0.15) is 0 Å². The summed E-state index contributed by atoms with van der Waals surface area (Å²) in [5.74, 6) is 0.538. The van der Waals surface area contributed by atoms with E-state index < -0.39 is 0 Å². The maximum atomic E-state index is 6.14. The Bertz CT molecular complexity index is 541. The Morgan fingerprint density at radius 2 is 1.94 bits per heavy atom. The number of pyridine rings is 1. The second-order valence-corrected chi connectivity index (χ2v) is 4.26. The largest absolute Gasteiger partial charge is 0.495 e. The van der Waals surface area contributed by atoms with E-state index in [-0.39, 0.29) is 0 Å². The van der Waals surface area contributed by atoms with Crippen molar-refractivity contribution in [3.8, 4) is 17.0 Å². The van der Waals surface area contributed by atoms with Crippen molar-refractivity contribution in [2.24, 2.45) is 0 Å². The molecule has 1 heterocycles. The van der Waals surface area contributed by atoms with Gasteiger partial charge in [-0.3, -0.25) is 4.98 Å². The van der Waals surface area contributed by atoms with Gasteiger partial charge >= 0.3 is 0 Å². The van der Waals surface area contributed by atoms with Gasteiger partial charge in [0, 0.05) is 11.6 Å². The van der Waals surface area contributed by atoms with Crippen molar-refractivity contribution in [3.05, 3.63) is 40.5 Å². The minimum Gasteiger partial charge on any atom is -0.495 e. The first kappa shape index (κ1) is 12.0. The SMILES string of the molecule is COc1cc(Cl)c(-c2ccc(N)cn2)cc1Cl. The highest BCUT2D eigenvalue weighted by molar-refractivity contribution is 6.36. The molecule has 88 valence electrons. The van der Waals surface area contributed by atoms with Gasteiger partial charge in [-0.05, 0) is 18.2 Å². The third kappa shape index (κ3) is 2.46. The number of nitrogen functional groups attached to an aromatic ring is 1. The summed E-state index contributed by atoms with van der Waals surface area (Å²) in [7, 11) is 1.54. The van der Waals surface area contributed by atoms with Crippen LogP contribution in [0.4, 0.5) is 5.69 Å². The van der Waals surface area contributed by atoms with Crippen molar-refractivity contribution in [1.82, 2.24) is 4.98 Å². The first-order valence-electron chi connectivity index (χ1n) is 4.86. The number of anilines is 1. The van der Waals surface area contributed by atoms with Crippen LogP contribution in [0.3, 0.4) is 0 Å². The molecule has 1 aromatic carbocycles. The number of rotatable bonds is 2. The average Bonchev–Trinajstić information content (AvgIpc) is 2.33. The number of halogens is 2. The Labute approximate surface area is 109 Å². The van der Waals surface area contributed by atoms with Gasteiger partial charge in [-0.25, -0.2) is 0 Å². The van der Waals surface area contributed by atoms with Crippen LogP contribution in [0.1, 0.15) is 0 Å². The molecule has 1 aromatic heterocycles. The third-order valence-electron chi connectivity index (χ3n) is 2.30. The van der Waals surface area contributed by atoms with E-state index >= 15 is 0 Å². The number of hydrogen-bond acceptors (Lipinski definition) is 3. The number of ether oxygens (including phenoxy) is 1. The molecule has 0 aliphatic heterocycles. The Morgan fingerprint density at radius 1 is 1.18 bits per heavy atom. The molecule has 0 fully saturated rings. The summed E-state index contributed by atoms with van der Waals surface area (Å²) in [6, 6.07) is 6.94. The van der Waals surface area contributed by atoms with Crippen molar-refractivity contribution < 1.29 is 4.74 Å². The van der Waals surface area contributed by atoms with Gasteiger partial charge < -0.3 is 10.5 Å². The van der Waals surface area contributed by atoms with E-state index in [0.717, 1.165) is 5.56 Å². The zero-order chi connectivity index (χ0) is 12.4. The fraction of sp³-hybridized carbons (Fsp3) is 0.0833. The Morgan fingerprint density at radius 3 is 2.53 bits per heavy atom. The van der Waals surface area contributed by atoms with E-state index in [1.54, 1.807) is 37.6 Å². The van der Waals surface area contributed by atoms with Gasteiger partial charge in [0.2, 0.25) is 0 Å². The van der Waals surface area contributed by atoms with Crippen molar-refractivity contribution in [2.75, 3.05) is 12.8 Å². The summed E-state index contributed by atoms with van der Waals surface area (Å²) in [6.07, 6.45) is 1.57. The number of benzene rings is 1. The number of nitrogens with zero attached hydrogens (tertiary/aromatic N) is 1. The molecule has 0 spiro atoms. The molecule has 0 bridgehead atoms. The topological polar surface area (TPSA) is 48.1 Å². The van der Waals surface area contributed by atoms with Crippen LogP contribution in [0.2, 0.25) is 10.0 Å². The zero-order valence-corrected chi connectivity index (χ0v) is 10.6. The summed E-state index contributed by atoms with van der Waals surface area (Å²) in [5, 5.41) is 1.02. The first-order valence-corrected chi connectivity index (χ1v) is 5.62. The van der Waals surface area contributed by atoms with E-state index in [0.29, 0.717) is 27.2 Å². The van der Waals surface area contributed by atoms with Crippen molar-refractivity contribution >= 4 is 28.9 Å². The van der Waals surface area contributed by atoms with Crippen LogP contribution in [0, 0.1) is 0 Å². The van der Waals surface area contributed by atoms with Gasteiger partial charge in [0.1, 0.15) is 5.75 Å². The number of nitrogens with two attached hydrogens (primary N) is 1. The highest BCUT2D eigenvalue weighted by Crippen LogP contribution is 2.35. The van der Waals surface area contributed by atoms with Crippen molar-refractivity contribution in [2.45, 2.75) is 0 Å². The van der Waals surface area contributed by atoms with Crippen LogP contribution in [0.15, 0.2) is 30.5 Å². The molecule has 0 saturated heterocycles. The lowest BCUT2D eigenvalue weighted by Crippen LogP contribution is -1.90. The van der Waals surface area contributed by atoms with Crippen LogP contribution in [0.5, 0.6) is 5.75 Å². The lowest BCUT2D eigenvalue weighted by Gasteiger charge is -2.08. The maximum absolute atomic E-state index is 6.14. The number of methoxy groups -OCH3 is 1. The molecule has 0 atom stereocenters. The van der Waals surface area contributed by atoms with E-state index in [9.17, 15) is 0 Å². The summed E-state index contributed by atoms with van der Waals surface area (Å²) < 4.78 is 5.08. The molecule has 0 saturated carbocycles. The smallest absolute Gasteiger partial charge is 0.138 e. The minimum absolute atomic E-state index is 0.491. The molecular weight excluding hydrogens is 259 g/mol. The van der Waals surface area contributed by atoms with Crippen molar-refractivity contribution in [3.63, 3.8) is 0 Å². The summed E-state index contributed by atoms with van der Waals surface area (Å²) in [5.41, 5.74) is 7.64. The van der Waals surface area contributed by atoms with Gasteiger partial charge in [0.25, 0.3) is 0 Å². The fourth-order valence-corrected chi connectivity index (χ4v) is 1.94. The molecular formula is C12H10Cl2N2O. The number of aromatic nitrogens is 1. The normalized spacial score (nSPS) is 10.3. The second-order valence-electron chi connectivity index (χ2n) is 3.44. The van der Waals surface area contributed by atoms with E-state index in [1.165, 1.54) is 0 Å². The molecule has 5 heteroatoms. The number of hydrogen-bond donors (Lipinski definition) is 1. The molecule has 2 aromatic rings. The molecule has 3 nitrogen and oxygen atoms in total. The Hall–Kier alpha value is -1.45. The lowest BCUT2D eigenvalue weighted by molar-refractivity contribution is 0.415. The maximum Gasteiger partial charge on any atom is 0.138 e. The highest BCUT2D eigenvalue weighted by Gasteiger charge is 2.10. The molecule has 2 rings (SSSR count). The van der Waals surface area contributed by atoms with Gasteiger partial charge in [-0.15, -0.1) is 0 Å². The summed E-state index contributed by atoms with van der Waals surface area (Å²) >= 11 is 12.2. The van der Waals surface area contributed by atoms with Crippen LogP contribution >= 0.6 is 23.2 Å². The molecule has 0 unspecified atom stereocenters. The van der Waals surface area contributed by atoms with E-state index in [4.69, 9.17) is 33.7 Å². The van der Waals surface area contributed by atoms with Crippen LogP contribution < -0.4 is 10.5 Å². The van der Waals surface area contributed by atoms with E-state index in [1.807, 2.05) is 0 Å². The standard InChI is InChI=1S/C12H10Cl2N2O/c1-17-12-5-9(13)8(4-10(12)14)11-3-2-7(15)6-16-11/h2-6H,15H2,1H3. The molecule has 0 radical (unpaired) electrons. The first-order chi connectivity index (χ1) is 8.11. The summed E-state index contributed by atoms with van der Waals surface area (Å²) in [6.45, 7) is 0. The molecule has 2 N–H and O–H groups in total.